The molecule has 0 aromatic carbocycles. The number of carbonyl (C=O) groups excluding carboxylic acids is 1. The average molecular weight is 327 g/mol. The first kappa shape index (κ1) is 15.2. The van der Waals surface area contributed by atoms with Crippen molar-refractivity contribution in [1.82, 2.24) is 25.6 Å². The van der Waals surface area contributed by atoms with Crippen LogP contribution in [0.15, 0.2) is 6.20 Å². The van der Waals surface area contributed by atoms with E-state index in [-0.39, 0.29) is 5.91 Å². The molecule has 3 heterocycles. The van der Waals surface area contributed by atoms with E-state index in [9.17, 15) is 4.79 Å². The van der Waals surface area contributed by atoms with Crippen molar-refractivity contribution < 1.29 is 4.79 Å². The molecule has 21 heavy (non-hydrogen) atoms. The highest BCUT2D eigenvalue weighted by Crippen LogP contribution is 2.23. The fraction of sp³-hybridized carbons (Fsp3) is 0.769. The maximum atomic E-state index is 12.1. The minimum absolute atomic E-state index is 0.105. The van der Waals surface area contributed by atoms with E-state index in [1.807, 2.05) is 28.2 Å². The van der Waals surface area contributed by atoms with Crippen LogP contribution in [0.4, 0.5) is 0 Å². The van der Waals surface area contributed by atoms with Crippen molar-refractivity contribution in [2.24, 2.45) is 0 Å². The van der Waals surface area contributed by atoms with E-state index in [1.165, 1.54) is 11.5 Å². The zero-order valence-electron chi connectivity index (χ0n) is 12.0. The molecule has 2 fully saturated rings. The number of nitrogens with one attached hydrogen (secondary N) is 2. The molecule has 6 nitrogen and oxygen atoms in total. The lowest BCUT2D eigenvalue weighted by molar-refractivity contribution is 0.0949. The van der Waals surface area contributed by atoms with Gasteiger partial charge < -0.3 is 10.6 Å². The van der Waals surface area contributed by atoms with E-state index >= 15 is 0 Å². The van der Waals surface area contributed by atoms with Gasteiger partial charge in [0.25, 0.3) is 5.91 Å². The van der Waals surface area contributed by atoms with Crippen LogP contribution in [-0.4, -0.2) is 63.0 Å². The third-order valence-electron chi connectivity index (χ3n) is 3.80. The third kappa shape index (κ3) is 4.14. The van der Waals surface area contributed by atoms with Gasteiger partial charge in [0.15, 0.2) is 5.69 Å². The predicted molar refractivity (Wildman–Crippen MR) is 87.1 cm³/mol. The monoisotopic (exact) mass is 327 g/mol. The summed E-state index contributed by atoms with van der Waals surface area (Å²) in [6, 6.07) is 0.366. The minimum Gasteiger partial charge on any atom is -0.349 e. The molecule has 1 amide bonds. The Morgan fingerprint density at radius 2 is 2.29 bits per heavy atom. The second kappa shape index (κ2) is 7.51. The Kier molecular flexibility index (Phi) is 5.43. The molecule has 0 spiro atoms. The van der Waals surface area contributed by atoms with Crippen LogP contribution in [0, 0.1) is 0 Å². The fourth-order valence-electron chi connectivity index (χ4n) is 2.58. The quantitative estimate of drug-likeness (QED) is 0.852. The number of piperidine rings is 1. The van der Waals surface area contributed by atoms with Crippen LogP contribution in [0.5, 0.6) is 0 Å². The zero-order chi connectivity index (χ0) is 14.5. The summed E-state index contributed by atoms with van der Waals surface area (Å²) >= 11 is 3.91. The van der Waals surface area contributed by atoms with Crippen LogP contribution in [0.3, 0.4) is 0 Å². The van der Waals surface area contributed by atoms with Gasteiger partial charge in [-0.05, 0) is 25.9 Å². The summed E-state index contributed by atoms with van der Waals surface area (Å²) < 4.78 is 1.85. The van der Waals surface area contributed by atoms with Crippen molar-refractivity contribution in [3.05, 3.63) is 11.9 Å². The molecule has 2 aliphatic heterocycles. The first-order valence-corrected chi connectivity index (χ1v) is 9.63. The van der Waals surface area contributed by atoms with E-state index in [0.29, 0.717) is 17.0 Å². The Hall–Kier alpha value is -0.730. The molecule has 0 aliphatic carbocycles. The molecule has 0 bridgehead atoms. The number of nitrogens with zero attached hydrogens (tertiary/aromatic N) is 3. The van der Waals surface area contributed by atoms with Gasteiger partial charge in [0.1, 0.15) is 0 Å². The Balaban J connectivity index is 1.51. The largest absolute Gasteiger partial charge is 0.349 e. The first-order valence-electron chi connectivity index (χ1n) is 7.43. The second-order valence-corrected chi connectivity index (χ2v) is 7.90. The maximum Gasteiger partial charge on any atom is 0.273 e. The molecule has 8 heteroatoms. The van der Waals surface area contributed by atoms with Crippen molar-refractivity contribution in [2.45, 2.75) is 24.1 Å². The first-order chi connectivity index (χ1) is 10.3. The summed E-state index contributed by atoms with van der Waals surface area (Å²) in [7, 11) is 0. The van der Waals surface area contributed by atoms with Crippen LogP contribution in [0.2, 0.25) is 0 Å². The van der Waals surface area contributed by atoms with Gasteiger partial charge >= 0.3 is 0 Å². The minimum atomic E-state index is -0.105. The number of carbonyl (C=O) groups is 1. The molecule has 1 aromatic heterocycles. The van der Waals surface area contributed by atoms with Crippen molar-refractivity contribution in [2.75, 3.05) is 36.9 Å². The van der Waals surface area contributed by atoms with Gasteiger partial charge in [0.05, 0.1) is 12.2 Å². The van der Waals surface area contributed by atoms with Gasteiger partial charge in [-0.3, -0.25) is 4.79 Å². The SMILES string of the molecule is O=C(NCC1CSCCS1)c1cn(C2CCNCC2)nn1. The lowest BCUT2D eigenvalue weighted by atomic mass is 10.1. The molecule has 2 N–H and O–H groups in total. The lowest BCUT2D eigenvalue weighted by Crippen LogP contribution is -2.33. The fourth-order valence-corrected chi connectivity index (χ4v) is 5.19. The molecule has 116 valence electrons. The molecular weight excluding hydrogens is 306 g/mol. The van der Waals surface area contributed by atoms with E-state index in [0.717, 1.165) is 38.2 Å². The molecule has 0 radical (unpaired) electrons. The van der Waals surface area contributed by atoms with Crippen molar-refractivity contribution in [3.63, 3.8) is 0 Å². The number of thioether (sulfide) groups is 2. The second-order valence-electron chi connectivity index (χ2n) is 5.34. The number of rotatable bonds is 4. The van der Waals surface area contributed by atoms with Crippen LogP contribution < -0.4 is 10.6 Å². The highest BCUT2D eigenvalue weighted by Gasteiger charge is 2.20. The number of hydrogen-bond acceptors (Lipinski definition) is 6. The van der Waals surface area contributed by atoms with Crippen LogP contribution in [0.25, 0.3) is 0 Å². The molecule has 0 saturated carbocycles. The van der Waals surface area contributed by atoms with Gasteiger partial charge in [-0.15, -0.1) is 5.10 Å². The molecule has 1 aromatic rings. The third-order valence-corrected chi connectivity index (χ3v) is 6.65. The number of aromatic nitrogens is 3. The number of amides is 1. The van der Waals surface area contributed by atoms with Gasteiger partial charge in [0, 0.05) is 29.1 Å². The average Bonchev–Trinajstić information content (AvgIpc) is 3.04. The summed E-state index contributed by atoms with van der Waals surface area (Å²) in [5.41, 5.74) is 0.432. The van der Waals surface area contributed by atoms with Crippen LogP contribution >= 0.6 is 23.5 Å². The van der Waals surface area contributed by atoms with Crippen molar-refractivity contribution in [3.8, 4) is 0 Å². The van der Waals surface area contributed by atoms with Gasteiger partial charge in [-0.1, -0.05) is 5.21 Å². The normalized spacial score (nSPS) is 23.9. The van der Waals surface area contributed by atoms with Crippen LogP contribution in [-0.2, 0) is 0 Å². The lowest BCUT2D eigenvalue weighted by Gasteiger charge is -2.22. The van der Waals surface area contributed by atoms with E-state index in [1.54, 1.807) is 6.20 Å². The Morgan fingerprint density at radius 1 is 1.43 bits per heavy atom. The molecular formula is C13H21N5OS2. The standard InChI is InChI=1S/C13H21N5OS2/c19-13(15-7-11-9-20-5-6-21-11)12-8-18(17-16-12)10-1-3-14-4-2-10/h8,10-11,14H,1-7,9H2,(H,15,19). The smallest absolute Gasteiger partial charge is 0.273 e. The van der Waals surface area contributed by atoms with Gasteiger partial charge in [-0.25, -0.2) is 4.68 Å². The summed E-state index contributed by atoms with van der Waals surface area (Å²) in [4.78, 5) is 12.1. The Labute approximate surface area is 133 Å². The van der Waals surface area contributed by atoms with E-state index in [2.05, 4.69) is 20.9 Å². The van der Waals surface area contributed by atoms with Crippen molar-refractivity contribution in [1.29, 1.82) is 0 Å². The van der Waals surface area contributed by atoms with E-state index in [4.69, 9.17) is 0 Å². The Morgan fingerprint density at radius 3 is 3.05 bits per heavy atom. The molecule has 1 unspecified atom stereocenters. The zero-order valence-corrected chi connectivity index (χ0v) is 13.6. The molecule has 2 saturated heterocycles. The Bertz CT molecular complexity index is 469. The maximum absolute atomic E-state index is 12.1. The summed E-state index contributed by atoms with van der Waals surface area (Å²) in [5, 5.41) is 15.0. The van der Waals surface area contributed by atoms with Crippen LogP contribution in [0.1, 0.15) is 29.4 Å². The van der Waals surface area contributed by atoms with Crippen molar-refractivity contribution >= 4 is 29.4 Å². The molecule has 2 aliphatic rings. The van der Waals surface area contributed by atoms with Gasteiger partial charge in [0.2, 0.25) is 0 Å². The predicted octanol–water partition coefficient (Wildman–Crippen LogP) is 0.781. The molecule has 3 rings (SSSR count). The summed E-state index contributed by atoms with van der Waals surface area (Å²) in [5.74, 6) is 3.41. The topological polar surface area (TPSA) is 71.8 Å². The molecule has 1 atom stereocenters. The summed E-state index contributed by atoms with van der Waals surface area (Å²) in [6.07, 6.45) is 3.87. The van der Waals surface area contributed by atoms with Gasteiger partial charge in [-0.2, -0.15) is 23.5 Å². The summed E-state index contributed by atoms with van der Waals surface area (Å²) in [6.45, 7) is 2.72. The number of hydrogen-bond donors (Lipinski definition) is 2. The highest BCUT2D eigenvalue weighted by atomic mass is 32.2. The van der Waals surface area contributed by atoms with E-state index < -0.39 is 0 Å². The highest BCUT2D eigenvalue weighted by molar-refractivity contribution is 8.06.